The van der Waals surface area contributed by atoms with Crippen LogP contribution in [0.2, 0.25) is 0 Å². The van der Waals surface area contributed by atoms with Gasteiger partial charge in [0.2, 0.25) is 0 Å². The zero-order valence-electron chi connectivity index (χ0n) is 13.3. The molecule has 1 aliphatic heterocycles. The Labute approximate surface area is 129 Å². The van der Waals surface area contributed by atoms with Crippen molar-refractivity contribution in [1.82, 2.24) is 15.1 Å². The molecule has 0 unspecified atom stereocenters. The van der Waals surface area contributed by atoms with Gasteiger partial charge in [0.15, 0.2) is 5.69 Å². The highest BCUT2D eigenvalue weighted by Crippen LogP contribution is 2.30. The first-order chi connectivity index (χ1) is 10.5. The number of carbonyl (C=O) groups excluding carboxylic acids is 1. The van der Waals surface area contributed by atoms with Gasteiger partial charge in [0.05, 0.1) is 24.4 Å². The summed E-state index contributed by atoms with van der Waals surface area (Å²) in [7, 11) is 1.76. The monoisotopic (exact) mass is 303 g/mol. The second kappa shape index (κ2) is 5.61. The first-order valence-electron chi connectivity index (χ1n) is 7.49. The zero-order valence-corrected chi connectivity index (χ0v) is 13.3. The quantitative estimate of drug-likeness (QED) is 0.946. The molecule has 3 heterocycles. The highest BCUT2D eigenvalue weighted by Gasteiger charge is 2.30. The van der Waals surface area contributed by atoms with E-state index in [9.17, 15) is 4.79 Å². The Morgan fingerprint density at radius 2 is 2.23 bits per heavy atom. The van der Waals surface area contributed by atoms with Gasteiger partial charge in [-0.15, -0.1) is 0 Å². The van der Waals surface area contributed by atoms with Crippen molar-refractivity contribution in [3.8, 4) is 0 Å². The topological polar surface area (TPSA) is 71.4 Å². The number of nitrogens with one attached hydrogen (secondary N) is 1. The molecule has 1 amide bonds. The van der Waals surface area contributed by atoms with Gasteiger partial charge in [-0.25, -0.2) is 0 Å². The van der Waals surface area contributed by atoms with Crippen molar-refractivity contribution in [2.45, 2.75) is 45.9 Å². The maximum atomic E-state index is 12.7. The molecule has 6 nitrogen and oxygen atoms in total. The van der Waals surface area contributed by atoms with E-state index in [0.717, 1.165) is 22.8 Å². The second-order valence-corrected chi connectivity index (χ2v) is 5.93. The summed E-state index contributed by atoms with van der Waals surface area (Å²) in [5.74, 6) is 1.50. The largest absolute Gasteiger partial charge is 0.464 e. The number of hydrogen-bond donors (Lipinski definition) is 1. The molecule has 2 atom stereocenters. The van der Waals surface area contributed by atoms with E-state index in [2.05, 4.69) is 10.2 Å². The number of ether oxygens (including phenoxy) is 1. The molecule has 0 bridgehead atoms. The summed E-state index contributed by atoms with van der Waals surface area (Å²) >= 11 is 0. The summed E-state index contributed by atoms with van der Waals surface area (Å²) in [6, 6.07) is 3.78. The van der Waals surface area contributed by atoms with Crippen LogP contribution < -0.4 is 0 Å². The highest BCUT2D eigenvalue weighted by atomic mass is 16.5. The molecular weight excluding hydrogens is 282 g/mol. The average Bonchev–Trinajstić information content (AvgIpc) is 3.04. The van der Waals surface area contributed by atoms with Crippen molar-refractivity contribution in [2.24, 2.45) is 0 Å². The molecule has 0 aromatic carbocycles. The highest BCUT2D eigenvalue weighted by molar-refractivity contribution is 5.93. The lowest BCUT2D eigenvalue weighted by molar-refractivity contribution is -0.00701. The van der Waals surface area contributed by atoms with Crippen LogP contribution in [0.1, 0.15) is 53.2 Å². The van der Waals surface area contributed by atoms with Crippen LogP contribution in [0.4, 0.5) is 0 Å². The summed E-state index contributed by atoms with van der Waals surface area (Å²) in [4.78, 5) is 14.3. The number of furan rings is 1. The minimum atomic E-state index is -0.104. The lowest BCUT2D eigenvalue weighted by Gasteiger charge is -2.25. The fourth-order valence-electron chi connectivity index (χ4n) is 2.91. The molecule has 0 radical (unpaired) electrons. The maximum Gasteiger partial charge on any atom is 0.274 e. The summed E-state index contributed by atoms with van der Waals surface area (Å²) < 4.78 is 11.3. The van der Waals surface area contributed by atoms with E-state index in [4.69, 9.17) is 9.15 Å². The first-order valence-corrected chi connectivity index (χ1v) is 7.49. The number of hydrogen-bond acceptors (Lipinski definition) is 4. The van der Waals surface area contributed by atoms with Crippen molar-refractivity contribution in [3.05, 3.63) is 40.6 Å². The first kappa shape index (κ1) is 14.8. The van der Waals surface area contributed by atoms with E-state index < -0.39 is 0 Å². The van der Waals surface area contributed by atoms with Crippen molar-refractivity contribution in [1.29, 1.82) is 0 Å². The third-order valence-electron chi connectivity index (χ3n) is 3.97. The van der Waals surface area contributed by atoms with Gasteiger partial charge in [-0.3, -0.25) is 9.89 Å². The Morgan fingerprint density at radius 3 is 2.91 bits per heavy atom. The van der Waals surface area contributed by atoms with Crippen molar-refractivity contribution >= 4 is 5.91 Å². The Kier molecular flexibility index (Phi) is 3.78. The van der Waals surface area contributed by atoms with Crippen molar-refractivity contribution in [3.63, 3.8) is 0 Å². The van der Waals surface area contributed by atoms with E-state index >= 15 is 0 Å². The number of fused-ring (bicyclic) bond motifs is 1. The Balaban J connectivity index is 1.80. The maximum absolute atomic E-state index is 12.7. The lowest BCUT2D eigenvalue weighted by Crippen LogP contribution is -2.29. The summed E-state index contributed by atoms with van der Waals surface area (Å²) in [5.41, 5.74) is 2.37. The number of amides is 1. The van der Waals surface area contributed by atoms with Gasteiger partial charge in [0, 0.05) is 19.0 Å². The van der Waals surface area contributed by atoms with Crippen LogP contribution in [-0.2, 0) is 17.7 Å². The molecule has 1 aliphatic rings. The zero-order chi connectivity index (χ0) is 15.9. The Hall–Kier alpha value is -2.08. The summed E-state index contributed by atoms with van der Waals surface area (Å²) in [6.07, 6.45) is 0.723. The molecule has 6 heteroatoms. The lowest BCUT2D eigenvalue weighted by atomic mass is 9.99. The predicted molar refractivity (Wildman–Crippen MR) is 80.5 cm³/mol. The summed E-state index contributed by atoms with van der Waals surface area (Å²) in [6.45, 7) is 6.29. The number of nitrogens with zero attached hydrogens (tertiary/aromatic N) is 2. The van der Waals surface area contributed by atoms with Crippen LogP contribution in [0.5, 0.6) is 0 Å². The van der Waals surface area contributed by atoms with Crippen molar-refractivity contribution in [2.75, 3.05) is 7.05 Å². The van der Waals surface area contributed by atoms with Gasteiger partial charge >= 0.3 is 0 Å². The molecular formula is C16H21N3O3. The van der Waals surface area contributed by atoms with E-state index in [-0.39, 0.29) is 18.1 Å². The molecule has 0 saturated heterocycles. The molecule has 2 aromatic rings. The standard InChI is InChI=1S/C16H21N3O3/c1-9-5-6-12(22-9)8-19(4)16(20)15-13-7-10(2)21-11(3)14(13)17-18-15/h5-6,10-11H,7-8H2,1-4H3,(H,17,18)/t10-,11+/m1/s1. The minimum Gasteiger partial charge on any atom is -0.464 e. The predicted octanol–water partition coefficient (Wildman–Crippen LogP) is 2.61. The number of aryl methyl sites for hydroxylation is 1. The number of H-pyrrole nitrogens is 1. The van der Waals surface area contributed by atoms with Gasteiger partial charge in [0.1, 0.15) is 11.5 Å². The molecule has 0 aliphatic carbocycles. The minimum absolute atomic E-state index is 0.0640. The summed E-state index contributed by atoms with van der Waals surface area (Å²) in [5, 5.41) is 7.18. The van der Waals surface area contributed by atoms with Gasteiger partial charge in [-0.1, -0.05) is 0 Å². The van der Waals surface area contributed by atoms with Crippen LogP contribution in [0.15, 0.2) is 16.5 Å². The van der Waals surface area contributed by atoms with Gasteiger partial charge in [-0.05, 0) is 32.9 Å². The number of aromatic amines is 1. The smallest absolute Gasteiger partial charge is 0.274 e. The van der Waals surface area contributed by atoms with Gasteiger partial charge in [-0.2, -0.15) is 5.10 Å². The number of carbonyl (C=O) groups is 1. The molecule has 0 fully saturated rings. The van der Waals surface area contributed by atoms with Crippen LogP contribution in [0.25, 0.3) is 0 Å². The molecule has 1 N–H and O–H groups in total. The molecule has 0 spiro atoms. The Morgan fingerprint density at radius 1 is 1.45 bits per heavy atom. The van der Waals surface area contributed by atoms with Crippen LogP contribution in [0, 0.1) is 6.92 Å². The van der Waals surface area contributed by atoms with Crippen LogP contribution >= 0.6 is 0 Å². The third kappa shape index (κ3) is 2.66. The van der Waals surface area contributed by atoms with Crippen LogP contribution in [-0.4, -0.2) is 34.2 Å². The fourth-order valence-corrected chi connectivity index (χ4v) is 2.91. The van der Waals surface area contributed by atoms with E-state index in [1.54, 1.807) is 11.9 Å². The second-order valence-electron chi connectivity index (χ2n) is 5.93. The molecule has 2 aromatic heterocycles. The number of aromatic nitrogens is 2. The third-order valence-corrected chi connectivity index (χ3v) is 3.97. The Bertz CT molecular complexity index is 689. The molecule has 22 heavy (non-hydrogen) atoms. The van der Waals surface area contributed by atoms with Crippen LogP contribution in [0.3, 0.4) is 0 Å². The fraction of sp³-hybridized carbons (Fsp3) is 0.500. The normalized spacial score (nSPS) is 20.7. The van der Waals surface area contributed by atoms with Gasteiger partial charge in [0.25, 0.3) is 5.91 Å². The SMILES string of the molecule is Cc1ccc(CN(C)C(=O)c2n[nH]c3c2C[C@@H](C)O[C@H]3C)o1. The van der Waals surface area contributed by atoms with Gasteiger partial charge < -0.3 is 14.1 Å². The van der Waals surface area contributed by atoms with E-state index in [1.165, 1.54) is 0 Å². The van der Waals surface area contributed by atoms with Crippen molar-refractivity contribution < 1.29 is 13.9 Å². The molecule has 3 rings (SSSR count). The number of rotatable bonds is 3. The average molecular weight is 303 g/mol. The van der Waals surface area contributed by atoms with E-state index in [1.807, 2.05) is 32.9 Å². The molecule has 0 saturated carbocycles. The van der Waals surface area contributed by atoms with E-state index in [0.29, 0.717) is 18.7 Å². The molecule has 118 valence electrons.